The quantitative estimate of drug-likeness (QED) is 0.229. The van der Waals surface area contributed by atoms with Gasteiger partial charge in [0.1, 0.15) is 0 Å². The van der Waals surface area contributed by atoms with Crippen molar-refractivity contribution in [3.8, 4) is 22.5 Å². The van der Waals surface area contributed by atoms with Crippen LogP contribution in [-0.4, -0.2) is 0 Å². The Morgan fingerprint density at radius 3 is 2.12 bits per heavy atom. The molecule has 2 aliphatic rings. The Hall–Kier alpha value is -3.52. The van der Waals surface area contributed by atoms with Gasteiger partial charge in [0.25, 0.3) is 0 Å². The Morgan fingerprint density at radius 1 is 0.625 bits per heavy atom. The number of benzene rings is 3. The molecule has 154 valence electrons. The molecule has 5 aromatic rings. The highest BCUT2D eigenvalue weighted by Gasteiger charge is 2.37. The number of hydrogen-bond acceptors (Lipinski definition) is 0. The zero-order valence-corrected chi connectivity index (χ0v) is 18.7. The Bertz CT molecular complexity index is 1590. The van der Waals surface area contributed by atoms with Crippen molar-refractivity contribution in [3.05, 3.63) is 95.2 Å². The molecule has 0 spiro atoms. The van der Waals surface area contributed by atoms with Crippen molar-refractivity contribution in [1.82, 2.24) is 0 Å². The lowest BCUT2D eigenvalue weighted by Crippen LogP contribution is -2.44. The molecule has 0 aliphatic carbocycles. The monoisotopic (exact) mass is 414 g/mol. The standard InChI is InChI=1S/C30H26N2/c1-19-20(2)22-15-18-32-26-12-6-5-10-24(26)23-9-3-4-11-25(23)30(32)29(22)28-21(19)14-17-31-16-8-7-13-27(28)31/h3-13,16H,14-15,17-18H2,1-2H3/q+2. The lowest BCUT2D eigenvalue weighted by molar-refractivity contribution is -0.687. The summed E-state index contributed by atoms with van der Waals surface area (Å²) in [6.07, 6.45) is 4.43. The van der Waals surface area contributed by atoms with E-state index < -0.39 is 0 Å². The highest BCUT2D eigenvalue weighted by atomic mass is 15.0. The highest BCUT2D eigenvalue weighted by Crippen LogP contribution is 2.45. The van der Waals surface area contributed by atoms with Gasteiger partial charge in [-0.25, -0.2) is 0 Å². The molecule has 32 heavy (non-hydrogen) atoms. The molecule has 0 atom stereocenters. The molecular formula is C30H26N2+2. The number of nitrogens with zero attached hydrogens (tertiary/aromatic N) is 2. The summed E-state index contributed by atoms with van der Waals surface area (Å²) < 4.78 is 5.04. The van der Waals surface area contributed by atoms with Gasteiger partial charge in [0.15, 0.2) is 19.3 Å². The zero-order chi connectivity index (χ0) is 21.4. The van der Waals surface area contributed by atoms with E-state index in [1.54, 1.807) is 5.56 Å². The second kappa shape index (κ2) is 6.49. The molecule has 0 fully saturated rings. The van der Waals surface area contributed by atoms with E-state index in [1.165, 1.54) is 60.9 Å². The van der Waals surface area contributed by atoms with Crippen LogP contribution in [0.5, 0.6) is 0 Å². The molecule has 0 unspecified atom stereocenters. The third-order valence-corrected chi connectivity index (χ3v) is 7.88. The fourth-order valence-electron chi connectivity index (χ4n) is 6.28. The predicted octanol–water partition coefficient (Wildman–Crippen LogP) is 5.63. The van der Waals surface area contributed by atoms with E-state index in [9.17, 15) is 0 Å². The highest BCUT2D eigenvalue weighted by molar-refractivity contribution is 6.10. The summed E-state index contributed by atoms with van der Waals surface area (Å²) in [5.41, 5.74) is 13.1. The lowest BCUT2D eigenvalue weighted by atomic mass is 9.78. The second-order valence-corrected chi connectivity index (χ2v) is 9.30. The topological polar surface area (TPSA) is 7.76 Å². The van der Waals surface area contributed by atoms with Crippen LogP contribution in [-0.2, 0) is 25.9 Å². The van der Waals surface area contributed by atoms with E-state index in [1.807, 2.05) is 0 Å². The first kappa shape index (κ1) is 18.1. The van der Waals surface area contributed by atoms with Gasteiger partial charge in [-0.3, -0.25) is 0 Å². The molecule has 7 rings (SSSR count). The maximum atomic E-state index is 2.59. The second-order valence-electron chi connectivity index (χ2n) is 9.30. The molecule has 0 amide bonds. The first-order valence-electron chi connectivity index (χ1n) is 11.7. The van der Waals surface area contributed by atoms with Gasteiger partial charge >= 0.3 is 0 Å². The molecule has 2 nitrogen and oxygen atoms in total. The lowest BCUT2D eigenvalue weighted by Gasteiger charge is -2.27. The molecule has 2 aromatic heterocycles. The molecular weight excluding hydrogens is 388 g/mol. The van der Waals surface area contributed by atoms with Gasteiger partial charge in [-0.1, -0.05) is 30.3 Å². The van der Waals surface area contributed by atoms with E-state index in [0.29, 0.717) is 0 Å². The number of fused-ring (bicyclic) bond motifs is 12. The Labute approximate surface area is 188 Å². The van der Waals surface area contributed by atoms with E-state index in [-0.39, 0.29) is 0 Å². The molecule has 0 saturated carbocycles. The smallest absolute Gasteiger partial charge is 0.198 e. The summed E-state index contributed by atoms with van der Waals surface area (Å²) in [5, 5.41) is 4.07. The number of para-hydroxylation sites is 1. The van der Waals surface area contributed by atoms with Gasteiger partial charge in [-0.15, -0.1) is 0 Å². The van der Waals surface area contributed by atoms with Crippen LogP contribution in [0.3, 0.4) is 0 Å². The SMILES string of the molecule is Cc1c(C)c2c(c3c1CC[n+]1ccccc1-3)-c1c3ccccc3c3ccccc3[n+]1CC2. The molecule has 2 heteroatoms. The summed E-state index contributed by atoms with van der Waals surface area (Å²) in [5.74, 6) is 0. The molecule has 2 aliphatic heterocycles. The number of hydrogen-bond donors (Lipinski definition) is 0. The number of pyridine rings is 2. The average Bonchev–Trinajstić information content (AvgIpc) is 2.86. The molecule has 3 aromatic carbocycles. The molecule has 0 radical (unpaired) electrons. The molecule has 0 saturated heterocycles. The normalized spacial score (nSPS) is 14.1. The largest absolute Gasteiger partial charge is 0.222 e. The van der Waals surface area contributed by atoms with Gasteiger partial charge in [0.05, 0.1) is 21.9 Å². The van der Waals surface area contributed by atoms with E-state index in [2.05, 4.69) is 95.9 Å². The maximum Gasteiger partial charge on any atom is 0.222 e. The van der Waals surface area contributed by atoms with Crippen molar-refractivity contribution in [2.75, 3.05) is 0 Å². The van der Waals surface area contributed by atoms with Gasteiger partial charge in [-0.05, 0) is 54.3 Å². The third kappa shape index (κ3) is 2.25. The van der Waals surface area contributed by atoms with Gasteiger partial charge in [0.2, 0.25) is 16.9 Å². The predicted molar refractivity (Wildman–Crippen MR) is 130 cm³/mol. The van der Waals surface area contributed by atoms with Crippen molar-refractivity contribution in [3.63, 3.8) is 0 Å². The first-order chi connectivity index (χ1) is 15.7. The summed E-state index contributed by atoms with van der Waals surface area (Å²) in [7, 11) is 0. The molecule has 0 bridgehead atoms. The average molecular weight is 415 g/mol. The number of aromatic nitrogens is 2. The summed E-state index contributed by atoms with van der Waals surface area (Å²) in [6, 6.07) is 24.6. The van der Waals surface area contributed by atoms with Crippen LogP contribution in [0.25, 0.3) is 44.2 Å². The van der Waals surface area contributed by atoms with Crippen LogP contribution in [0.4, 0.5) is 0 Å². The fraction of sp³-hybridized carbons (Fsp3) is 0.200. The zero-order valence-electron chi connectivity index (χ0n) is 18.7. The summed E-state index contributed by atoms with van der Waals surface area (Å²) in [4.78, 5) is 0. The van der Waals surface area contributed by atoms with Crippen molar-refractivity contribution < 1.29 is 9.13 Å². The maximum absolute atomic E-state index is 2.59. The van der Waals surface area contributed by atoms with Gasteiger partial charge in [-0.2, -0.15) is 9.13 Å². The van der Waals surface area contributed by atoms with Crippen LogP contribution in [0.2, 0.25) is 0 Å². The van der Waals surface area contributed by atoms with Crippen LogP contribution in [0.15, 0.2) is 72.9 Å². The van der Waals surface area contributed by atoms with E-state index in [0.717, 1.165) is 25.9 Å². The van der Waals surface area contributed by atoms with Gasteiger partial charge < -0.3 is 0 Å². The van der Waals surface area contributed by atoms with E-state index >= 15 is 0 Å². The van der Waals surface area contributed by atoms with Crippen molar-refractivity contribution in [2.24, 2.45) is 0 Å². The number of rotatable bonds is 0. The molecule has 4 heterocycles. The number of aryl methyl sites for hydroxylation is 2. The summed E-state index contributed by atoms with van der Waals surface area (Å²) >= 11 is 0. The van der Waals surface area contributed by atoms with Crippen molar-refractivity contribution in [1.29, 1.82) is 0 Å². The van der Waals surface area contributed by atoms with Crippen molar-refractivity contribution in [2.45, 2.75) is 39.8 Å². The first-order valence-corrected chi connectivity index (χ1v) is 11.7. The molecule has 0 N–H and O–H groups in total. The van der Waals surface area contributed by atoms with Crippen LogP contribution in [0, 0.1) is 13.8 Å². The minimum atomic E-state index is 1.03. The fourth-order valence-corrected chi connectivity index (χ4v) is 6.28. The van der Waals surface area contributed by atoms with Crippen molar-refractivity contribution >= 4 is 21.7 Å². The minimum Gasteiger partial charge on any atom is -0.198 e. The van der Waals surface area contributed by atoms with Crippen LogP contribution >= 0.6 is 0 Å². The minimum absolute atomic E-state index is 1.03. The van der Waals surface area contributed by atoms with Gasteiger partial charge in [0, 0.05) is 36.4 Å². The van der Waals surface area contributed by atoms with Crippen LogP contribution < -0.4 is 9.13 Å². The Morgan fingerprint density at radius 2 is 1.28 bits per heavy atom. The third-order valence-electron chi connectivity index (χ3n) is 7.88. The Kier molecular flexibility index (Phi) is 3.67. The summed E-state index contributed by atoms with van der Waals surface area (Å²) in [6.45, 7) is 6.78. The van der Waals surface area contributed by atoms with Crippen LogP contribution in [0.1, 0.15) is 22.3 Å². The Balaban J connectivity index is 1.73. The van der Waals surface area contributed by atoms with E-state index in [4.69, 9.17) is 0 Å².